The lowest BCUT2D eigenvalue weighted by atomic mass is 9.91. The van der Waals surface area contributed by atoms with E-state index in [4.69, 9.17) is 5.26 Å². The molecule has 0 radical (unpaired) electrons. The van der Waals surface area contributed by atoms with Crippen LogP contribution in [0.1, 0.15) is 24.0 Å². The fraction of sp³-hybridized carbons (Fsp3) is 0.417. The van der Waals surface area contributed by atoms with Gasteiger partial charge in [0.1, 0.15) is 0 Å². The first-order valence-electron chi connectivity index (χ1n) is 5.60. The van der Waals surface area contributed by atoms with Gasteiger partial charge in [-0.25, -0.2) is 8.42 Å². The molecule has 0 bridgehead atoms. The molecule has 17 heavy (non-hydrogen) atoms. The highest BCUT2D eigenvalue weighted by atomic mass is 32.2. The maximum Gasteiger partial charge on any atom is 0.246 e. The Labute approximate surface area is 101 Å². The minimum atomic E-state index is -3.53. The van der Waals surface area contributed by atoms with Crippen LogP contribution in [-0.2, 0) is 22.9 Å². The third-order valence-electron chi connectivity index (χ3n) is 2.92. The van der Waals surface area contributed by atoms with Gasteiger partial charge in [-0.3, -0.25) is 4.72 Å². The Morgan fingerprint density at radius 1 is 1.29 bits per heavy atom. The molecule has 90 valence electrons. The first-order valence-corrected chi connectivity index (χ1v) is 7.26. The quantitative estimate of drug-likeness (QED) is 0.889. The van der Waals surface area contributed by atoms with Gasteiger partial charge in [-0.05, 0) is 42.9 Å². The van der Waals surface area contributed by atoms with Crippen LogP contribution >= 0.6 is 0 Å². The zero-order valence-corrected chi connectivity index (χ0v) is 10.3. The molecule has 1 aromatic carbocycles. The van der Waals surface area contributed by atoms with Crippen LogP contribution in [0, 0.1) is 11.3 Å². The van der Waals surface area contributed by atoms with Crippen molar-refractivity contribution in [1.29, 1.82) is 5.26 Å². The summed E-state index contributed by atoms with van der Waals surface area (Å²) in [5, 5.41) is 8.45. The number of nitriles is 1. The van der Waals surface area contributed by atoms with E-state index in [9.17, 15) is 8.42 Å². The summed E-state index contributed by atoms with van der Waals surface area (Å²) < 4.78 is 25.6. The molecule has 0 saturated carbocycles. The molecule has 0 heterocycles. The van der Waals surface area contributed by atoms with Crippen LogP contribution in [0.5, 0.6) is 0 Å². The lowest BCUT2D eigenvalue weighted by molar-refractivity contribution is 0.604. The van der Waals surface area contributed by atoms with E-state index in [1.54, 1.807) is 12.1 Å². The highest BCUT2D eigenvalue weighted by Gasteiger charge is 2.16. The lowest BCUT2D eigenvalue weighted by Crippen LogP contribution is -2.18. The fourth-order valence-corrected chi connectivity index (χ4v) is 2.93. The Kier molecular flexibility index (Phi) is 3.34. The van der Waals surface area contributed by atoms with Gasteiger partial charge < -0.3 is 0 Å². The molecule has 1 aliphatic rings. The maximum absolute atomic E-state index is 11.6. The maximum atomic E-state index is 11.6. The molecule has 5 heteroatoms. The second kappa shape index (κ2) is 4.76. The molecule has 1 aliphatic carbocycles. The van der Waals surface area contributed by atoms with E-state index in [0.29, 0.717) is 5.69 Å². The normalized spacial score (nSPS) is 14.8. The molecule has 0 atom stereocenters. The van der Waals surface area contributed by atoms with E-state index >= 15 is 0 Å². The predicted molar refractivity (Wildman–Crippen MR) is 66.1 cm³/mol. The van der Waals surface area contributed by atoms with Gasteiger partial charge in [0.05, 0.1) is 11.8 Å². The Hall–Kier alpha value is -1.54. The van der Waals surface area contributed by atoms with Crippen molar-refractivity contribution in [2.45, 2.75) is 25.7 Å². The number of nitrogens with zero attached hydrogens (tertiary/aromatic N) is 1. The van der Waals surface area contributed by atoms with Gasteiger partial charge in [-0.1, -0.05) is 12.1 Å². The van der Waals surface area contributed by atoms with E-state index in [-0.39, 0.29) is 0 Å². The molecule has 1 aromatic rings. The van der Waals surface area contributed by atoms with Crippen molar-refractivity contribution >= 4 is 15.7 Å². The Morgan fingerprint density at radius 3 is 2.82 bits per heavy atom. The van der Waals surface area contributed by atoms with Gasteiger partial charge in [0.2, 0.25) is 10.0 Å². The second-order valence-electron chi connectivity index (χ2n) is 4.17. The topological polar surface area (TPSA) is 70.0 Å². The molecule has 0 fully saturated rings. The Bertz CT molecular complexity index is 558. The summed E-state index contributed by atoms with van der Waals surface area (Å²) in [4.78, 5) is 0. The van der Waals surface area contributed by atoms with Crippen molar-refractivity contribution in [3.63, 3.8) is 0 Å². The van der Waals surface area contributed by atoms with Gasteiger partial charge in [0.25, 0.3) is 0 Å². The average molecular weight is 250 g/mol. The summed E-state index contributed by atoms with van der Waals surface area (Å²) in [6.45, 7) is 0. The number of hydrogen-bond donors (Lipinski definition) is 1. The predicted octanol–water partition coefficient (Wildman–Crippen LogP) is 1.83. The zero-order chi connectivity index (χ0) is 12.3. The summed E-state index contributed by atoms with van der Waals surface area (Å²) in [6.07, 6.45) is 4.15. The summed E-state index contributed by atoms with van der Waals surface area (Å²) in [7, 11) is -3.53. The lowest BCUT2D eigenvalue weighted by Gasteiger charge is -2.19. The molecule has 2 rings (SSSR count). The first-order chi connectivity index (χ1) is 8.12. The number of hydrogen-bond acceptors (Lipinski definition) is 3. The van der Waals surface area contributed by atoms with Gasteiger partial charge >= 0.3 is 0 Å². The van der Waals surface area contributed by atoms with Crippen LogP contribution in [0.4, 0.5) is 5.69 Å². The van der Waals surface area contributed by atoms with Crippen LogP contribution in [0.2, 0.25) is 0 Å². The van der Waals surface area contributed by atoms with E-state index in [0.717, 1.165) is 31.2 Å². The SMILES string of the molecule is N#CCS(=O)(=O)Nc1cccc2c1CCCC2. The fourth-order valence-electron chi connectivity index (χ4n) is 2.17. The van der Waals surface area contributed by atoms with E-state index in [1.165, 1.54) is 5.56 Å². The largest absolute Gasteiger partial charge is 0.282 e. The van der Waals surface area contributed by atoms with Crippen LogP contribution in [0.15, 0.2) is 18.2 Å². The number of rotatable bonds is 3. The van der Waals surface area contributed by atoms with Gasteiger partial charge in [-0.2, -0.15) is 5.26 Å². The molecule has 0 unspecified atom stereocenters. The molecule has 0 amide bonds. The van der Waals surface area contributed by atoms with E-state index < -0.39 is 15.8 Å². The van der Waals surface area contributed by atoms with E-state index in [1.807, 2.05) is 12.1 Å². The van der Waals surface area contributed by atoms with Crippen molar-refractivity contribution in [3.8, 4) is 6.07 Å². The molecule has 1 N–H and O–H groups in total. The molecular formula is C12H14N2O2S. The van der Waals surface area contributed by atoms with Crippen molar-refractivity contribution in [1.82, 2.24) is 0 Å². The number of sulfonamides is 1. The van der Waals surface area contributed by atoms with Crippen molar-refractivity contribution in [2.75, 3.05) is 10.5 Å². The number of benzene rings is 1. The monoisotopic (exact) mass is 250 g/mol. The average Bonchev–Trinajstić information content (AvgIpc) is 2.29. The first kappa shape index (κ1) is 11.9. The number of aryl methyl sites for hydroxylation is 1. The zero-order valence-electron chi connectivity index (χ0n) is 9.44. The van der Waals surface area contributed by atoms with Crippen LogP contribution in [-0.4, -0.2) is 14.2 Å². The highest BCUT2D eigenvalue weighted by molar-refractivity contribution is 7.92. The molecule has 0 aliphatic heterocycles. The number of anilines is 1. The molecule has 4 nitrogen and oxygen atoms in total. The van der Waals surface area contributed by atoms with Gasteiger partial charge in [0.15, 0.2) is 5.75 Å². The smallest absolute Gasteiger partial charge is 0.246 e. The third-order valence-corrected chi connectivity index (χ3v) is 3.96. The molecule has 0 spiro atoms. The van der Waals surface area contributed by atoms with Crippen molar-refractivity contribution in [3.05, 3.63) is 29.3 Å². The standard InChI is InChI=1S/C12H14N2O2S/c13-8-9-17(15,16)14-12-7-3-5-10-4-1-2-6-11(10)12/h3,5,7,14H,1-2,4,6,9H2. The minimum Gasteiger partial charge on any atom is -0.282 e. The summed E-state index contributed by atoms with van der Waals surface area (Å²) in [5.74, 6) is -0.503. The van der Waals surface area contributed by atoms with Crippen LogP contribution < -0.4 is 4.72 Å². The van der Waals surface area contributed by atoms with Crippen LogP contribution in [0.3, 0.4) is 0 Å². The van der Waals surface area contributed by atoms with Gasteiger partial charge in [-0.15, -0.1) is 0 Å². The summed E-state index contributed by atoms with van der Waals surface area (Å²) in [6, 6.07) is 7.31. The second-order valence-corrected chi connectivity index (χ2v) is 5.89. The van der Waals surface area contributed by atoms with Crippen LogP contribution in [0.25, 0.3) is 0 Å². The van der Waals surface area contributed by atoms with Crippen molar-refractivity contribution < 1.29 is 8.42 Å². The Balaban J connectivity index is 2.31. The highest BCUT2D eigenvalue weighted by Crippen LogP contribution is 2.28. The molecule has 0 saturated heterocycles. The van der Waals surface area contributed by atoms with E-state index in [2.05, 4.69) is 4.72 Å². The third kappa shape index (κ3) is 2.77. The Morgan fingerprint density at radius 2 is 2.06 bits per heavy atom. The number of nitrogens with one attached hydrogen (secondary N) is 1. The summed E-state index contributed by atoms with van der Waals surface area (Å²) in [5.41, 5.74) is 2.94. The number of fused-ring (bicyclic) bond motifs is 1. The minimum absolute atomic E-state index is 0.503. The molecular weight excluding hydrogens is 236 g/mol. The molecule has 0 aromatic heterocycles. The summed E-state index contributed by atoms with van der Waals surface area (Å²) >= 11 is 0. The van der Waals surface area contributed by atoms with Gasteiger partial charge in [0, 0.05) is 0 Å². The van der Waals surface area contributed by atoms with Crippen molar-refractivity contribution in [2.24, 2.45) is 0 Å².